The Hall–Kier alpha value is -3.16. The van der Waals surface area contributed by atoms with Crippen molar-refractivity contribution in [1.29, 1.82) is 0 Å². The molecule has 28 heavy (non-hydrogen) atoms. The van der Waals surface area contributed by atoms with Crippen molar-refractivity contribution < 1.29 is 18.8 Å². The molecule has 2 fully saturated rings. The van der Waals surface area contributed by atoms with Gasteiger partial charge in [-0.25, -0.2) is 4.98 Å². The summed E-state index contributed by atoms with van der Waals surface area (Å²) in [4.78, 5) is 47.2. The predicted octanol–water partition coefficient (Wildman–Crippen LogP) is 1.07. The Kier molecular flexibility index (Phi) is 4.85. The third-order valence-electron chi connectivity index (χ3n) is 5.35. The molecule has 2 saturated heterocycles. The lowest BCUT2D eigenvalue weighted by Crippen LogP contribution is -2.59. The van der Waals surface area contributed by atoms with Gasteiger partial charge in [0.15, 0.2) is 6.39 Å². The summed E-state index contributed by atoms with van der Waals surface area (Å²) in [5.74, 6) is -0.182. The molecule has 2 aliphatic rings. The zero-order valence-electron chi connectivity index (χ0n) is 15.7. The summed E-state index contributed by atoms with van der Waals surface area (Å²) in [6.07, 6.45) is 1.66. The minimum atomic E-state index is -0.529. The summed E-state index contributed by atoms with van der Waals surface area (Å²) in [7, 11) is 0. The Morgan fingerprint density at radius 2 is 1.96 bits per heavy atom. The minimum Gasteiger partial charge on any atom is -0.438 e. The molecule has 2 aromatic rings. The van der Waals surface area contributed by atoms with Crippen molar-refractivity contribution in [3.8, 4) is 0 Å². The molecule has 3 amide bonds. The number of aromatic nitrogens is 1. The van der Waals surface area contributed by atoms with Crippen molar-refractivity contribution >= 4 is 17.7 Å². The first-order valence-corrected chi connectivity index (χ1v) is 9.36. The van der Waals surface area contributed by atoms with Gasteiger partial charge in [0.2, 0.25) is 17.6 Å². The molecule has 8 heteroatoms. The SMILES string of the molecule is Cc1ncoc1C(=O)N1CCC2C(=O)N(Cc3ccccc3)CC(=O)N2CC1. The van der Waals surface area contributed by atoms with Crippen LogP contribution in [0, 0.1) is 6.92 Å². The number of aryl methyl sites for hydroxylation is 1. The van der Waals surface area contributed by atoms with Crippen molar-refractivity contribution in [2.75, 3.05) is 26.2 Å². The standard InChI is InChI=1S/C20H22N4O4/c1-14-18(28-13-21-14)20(27)22-8-7-16-19(26)23(11-15-5-3-2-4-6-15)12-17(25)24(16)10-9-22/h2-6,13,16H,7-12H2,1H3. The molecule has 1 aromatic carbocycles. The van der Waals surface area contributed by atoms with Gasteiger partial charge in [0.05, 0.1) is 5.69 Å². The topological polar surface area (TPSA) is 87.0 Å². The van der Waals surface area contributed by atoms with E-state index in [1.54, 1.807) is 21.6 Å². The summed E-state index contributed by atoms with van der Waals surface area (Å²) in [5.41, 5.74) is 1.52. The highest BCUT2D eigenvalue weighted by atomic mass is 16.3. The van der Waals surface area contributed by atoms with Gasteiger partial charge in [-0.3, -0.25) is 14.4 Å². The summed E-state index contributed by atoms with van der Waals surface area (Å²) < 4.78 is 5.21. The third-order valence-corrected chi connectivity index (χ3v) is 5.35. The van der Waals surface area contributed by atoms with E-state index in [-0.39, 0.29) is 30.0 Å². The summed E-state index contributed by atoms with van der Waals surface area (Å²) in [6.45, 7) is 3.29. The molecule has 3 heterocycles. The Morgan fingerprint density at radius 3 is 2.68 bits per heavy atom. The lowest BCUT2D eigenvalue weighted by Gasteiger charge is -2.39. The first kappa shape index (κ1) is 18.2. The third kappa shape index (κ3) is 3.37. The maximum absolute atomic E-state index is 13.0. The van der Waals surface area contributed by atoms with E-state index in [0.29, 0.717) is 38.3 Å². The maximum atomic E-state index is 13.0. The van der Waals surface area contributed by atoms with Crippen molar-refractivity contribution in [2.24, 2.45) is 0 Å². The molecular weight excluding hydrogens is 360 g/mol. The lowest BCUT2D eigenvalue weighted by atomic mass is 10.1. The number of nitrogens with zero attached hydrogens (tertiary/aromatic N) is 4. The Bertz CT molecular complexity index is 895. The molecule has 8 nitrogen and oxygen atoms in total. The Balaban J connectivity index is 1.48. The second kappa shape index (κ2) is 7.46. The fourth-order valence-corrected chi connectivity index (χ4v) is 3.82. The lowest BCUT2D eigenvalue weighted by molar-refractivity contribution is -0.156. The van der Waals surface area contributed by atoms with Gasteiger partial charge in [0.25, 0.3) is 5.91 Å². The zero-order valence-corrected chi connectivity index (χ0v) is 15.7. The number of rotatable bonds is 3. The van der Waals surface area contributed by atoms with Crippen LogP contribution in [0.2, 0.25) is 0 Å². The van der Waals surface area contributed by atoms with Gasteiger partial charge < -0.3 is 19.1 Å². The second-order valence-corrected chi connectivity index (χ2v) is 7.13. The van der Waals surface area contributed by atoms with Gasteiger partial charge in [-0.15, -0.1) is 0 Å². The first-order valence-electron chi connectivity index (χ1n) is 9.36. The van der Waals surface area contributed by atoms with E-state index in [4.69, 9.17) is 4.42 Å². The van der Waals surface area contributed by atoms with Crippen molar-refractivity contribution in [2.45, 2.75) is 25.9 Å². The van der Waals surface area contributed by atoms with Crippen LogP contribution in [-0.2, 0) is 16.1 Å². The number of benzene rings is 1. The number of carbonyl (C=O) groups is 3. The zero-order chi connectivity index (χ0) is 19.7. The molecule has 146 valence electrons. The molecule has 0 saturated carbocycles. The van der Waals surface area contributed by atoms with E-state index >= 15 is 0 Å². The highest BCUT2D eigenvalue weighted by Gasteiger charge is 2.41. The monoisotopic (exact) mass is 382 g/mol. The summed E-state index contributed by atoms with van der Waals surface area (Å²) >= 11 is 0. The number of hydrogen-bond donors (Lipinski definition) is 0. The van der Waals surface area contributed by atoms with Crippen LogP contribution >= 0.6 is 0 Å². The highest BCUT2D eigenvalue weighted by Crippen LogP contribution is 2.22. The molecule has 0 aliphatic carbocycles. The fourth-order valence-electron chi connectivity index (χ4n) is 3.82. The predicted molar refractivity (Wildman–Crippen MR) is 99.1 cm³/mol. The number of hydrogen-bond acceptors (Lipinski definition) is 5. The van der Waals surface area contributed by atoms with Gasteiger partial charge in [0, 0.05) is 26.2 Å². The van der Waals surface area contributed by atoms with Crippen molar-refractivity contribution in [1.82, 2.24) is 19.7 Å². The number of oxazole rings is 1. The molecule has 4 rings (SSSR count). The number of fused-ring (bicyclic) bond motifs is 1. The van der Waals surface area contributed by atoms with E-state index in [1.807, 2.05) is 30.3 Å². The number of piperazine rings is 1. The van der Waals surface area contributed by atoms with Crippen LogP contribution in [0.15, 0.2) is 41.1 Å². The average Bonchev–Trinajstić information content (AvgIpc) is 2.99. The van der Waals surface area contributed by atoms with Crippen LogP contribution < -0.4 is 0 Å². The summed E-state index contributed by atoms with van der Waals surface area (Å²) in [6, 6.07) is 9.10. The second-order valence-electron chi connectivity index (χ2n) is 7.13. The summed E-state index contributed by atoms with van der Waals surface area (Å²) in [5, 5.41) is 0. The molecule has 1 aromatic heterocycles. The van der Waals surface area contributed by atoms with E-state index in [1.165, 1.54) is 6.39 Å². The van der Waals surface area contributed by atoms with Crippen LogP contribution in [0.5, 0.6) is 0 Å². The van der Waals surface area contributed by atoms with Crippen LogP contribution in [0.25, 0.3) is 0 Å². The number of carbonyl (C=O) groups excluding carboxylic acids is 3. The normalized spacial score (nSPS) is 20.2. The molecule has 0 bridgehead atoms. The molecule has 1 atom stereocenters. The largest absolute Gasteiger partial charge is 0.438 e. The van der Waals surface area contributed by atoms with Crippen molar-refractivity contribution in [3.05, 3.63) is 53.7 Å². The quantitative estimate of drug-likeness (QED) is 0.793. The maximum Gasteiger partial charge on any atom is 0.291 e. The van der Waals surface area contributed by atoms with Crippen LogP contribution in [-0.4, -0.2) is 69.6 Å². The van der Waals surface area contributed by atoms with Gasteiger partial charge in [-0.05, 0) is 18.9 Å². The van der Waals surface area contributed by atoms with E-state index in [0.717, 1.165) is 5.56 Å². The molecule has 0 radical (unpaired) electrons. The Labute approximate surface area is 162 Å². The average molecular weight is 382 g/mol. The fraction of sp³-hybridized carbons (Fsp3) is 0.400. The van der Waals surface area contributed by atoms with Crippen LogP contribution in [0.4, 0.5) is 0 Å². The van der Waals surface area contributed by atoms with E-state index < -0.39 is 6.04 Å². The van der Waals surface area contributed by atoms with Crippen LogP contribution in [0.1, 0.15) is 28.2 Å². The van der Waals surface area contributed by atoms with Gasteiger partial charge in [-0.1, -0.05) is 30.3 Å². The van der Waals surface area contributed by atoms with Gasteiger partial charge in [-0.2, -0.15) is 0 Å². The van der Waals surface area contributed by atoms with Crippen LogP contribution in [0.3, 0.4) is 0 Å². The Morgan fingerprint density at radius 1 is 1.18 bits per heavy atom. The molecular formula is C20H22N4O4. The molecule has 0 N–H and O–H groups in total. The van der Waals surface area contributed by atoms with Gasteiger partial charge >= 0.3 is 0 Å². The minimum absolute atomic E-state index is 0.0615. The molecule has 2 aliphatic heterocycles. The number of amides is 3. The molecule has 1 unspecified atom stereocenters. The first-order chi connectivity index (χ1) is 13.5. The van der Waals surface area contributed by atoms with Crippen molar-refractivity contribution in [3.63, 3.8) is 0 Å². The van der Waals surface area contributed by atoms with Gasteiger partial charge in [0.1, 0.15) is 12.6 Å². The molecule has 0 spiro atoms. The highest BCUT2D eigenvalue weighted by molar-refractivity contribution is 5.95. The van der Waals surface area contributed by atoms with E-state index in [9.17, 15) is 14.4 Å². The smallest absolute Gasteiger partial charge is 0.291 e. The van der Waals surface area contributed by atoms with E-state index in [2.05, 4.69) is 4.98 Å².